The monoisotopic (exact) mass is 477 g/mol. The molecule has 0 radical (unpaired) electrons. The van der Waals surface area contributed by atoms with Gasteiger partial charge in [0.05, 0.1) is 19.3 Å². The molecule has 6 nitrogen and oxygen atoms in total. The van der Waals surface area contributed by atoms with Gasteiger partial charge >= 0.3 is 0 Å². The van der Waals surface area contributed by atoms with E-state index < -0.39 is 0 Å². The summed E-state index contributed by atoms with van der Waals surface area (Å²) in [5.74, 6) is 2.80. The van der Waals surface area contributed by atoms with Gasteiger partial charge in [-0.05, 0) is 31.4 Å². The zero-order valence-corrected chi connectivity index (χ0v) is 18.5. The Morgan fingerprint density at radius 2 is 1.96 bits per heavy atom. The quantitative estimate of drug-likeness (QED) is 0.354. The summed E-state index contributed by atoms with van der Waals surface area (Å²) in [6, 6.07) is 5.85. The molecule has 0 saturated heterocycles. The Kier molecular flexibility index (Phi) is 10.7. The molecule has 2 N–H and O–H groups in total. The Hall–Kier alpha value is -1.22. The Morgan fingerprint density at radius 1 is 1.23 bits per heavy atom. The number of nitrogens with one attached hydrogen (secondary N) is 2. The maximum Gasteiger partial charge on any atom is 0.195 e. The van der Waals surface area contributed by atoms with E-state index >= 15 is 0 Å². The number of hydrogen-bond donors (Lipinski definition) is 2. The molecule has 0 aromatic heterocycles. The average Bonchev–Trinajstić information content (AvgIpc) is 2.84. The van der Waals surface area contributed by atoms with Crippen LogP contribution in [0.3, 0.4) is 0 Å². The lowest BCUT2D eigenvalue weighted by Crippen LogP contribution is -2.34. The highest BCUT2D eigenvalue weighted by atomic mass is 127. The summed E-state index contributed by atoms with van der Waals surface area (Å²) in [6.45, 7) is 9.32. The summed E-state index contributed by atoms with van der Waals surface area (Å²) in [5, 5.41) is 6.64. The number of rotatable bonds is 7. The van der Waals surface area contributed by atoms with Gasteiger partial charge in [0.25, 0.3) is 0 Å². The second-order valence-electron chi connectivity index (χ2n) is 6.36. The number of benzene rings is 1. The molecular formula is C19H32IN3O3. The normalized spacial score (nSPS) is 15.0. The van der Waals surface area contributed by atoms with E-state index in [0.717, 1.165) is 49.1 Å². The molecule has 1 aromatic carbocycles. The summed E-state index contributed by atoms with van der Waals surface area (Å²) >= 11 is 0. The average molecular weight is 477 g/mol. The fraction of sp³-hybridized carbons (Fsp3) is 0.632. The number of guanidine groups is 1. The van der Waals surface area contributed by atoms with Crippen LogP contribution in [0.1, 0.15) is 33.6 Å². The first-order chi connectivity index (χ1) is 12.1. The maximum absolute atomic E-state index is 5.78. The van der Waals surface area contributed by atoms with Gasteiger partial charge in [-0.3, -0.25) is 4.99 Å². The van der Waals surface area contributed by atoms with Gasteiger partial charge in [0, 0.05) is 38.4 Å². The highest BCUT2D eigenvalue weighted by molar-refractivity contribution is 14.0. The molecule has 1 aromatic rings. The Labute approximate surface area is 174 Å². The van der Waals surface area contributed by atoms with Crippen molar-refractivity contribution in [3.8, 4) is 11.5 Å². The number of nitrogens with zero attached hydrogens (tertiary/aromatic N) is 1. The highest BCUT2D eigenvalue weighted by Crippen LogP contribution is 2.32. The second kappa shape index (κ2) is 12.2. The van der Waals surface area contributed by atoms with Crippen molar-refractivity contribution in [1.82, 2.24) is 5.32 Å². The van der Waals surface area contributed by atoms with E-state index in [1.165, 1.54) is 0 Å². The summed E-state index contributed by atoms with van der Waals surface area (Å²) in [4.78, 5) is 4.28. The number of aliphatic imine (C=N–C) groups is 1. The smallest absolute Gasteiger partial charge is 0.195 e. The number of halogens is 1. The molecule has 0 fully saturated rings. The summed E-state index contributed by atoms with van der Waals surface area (Å²) in [7, 11) is 1.76. The molecule has 1 unspecified atom stereocenters. The van der Waals surface area contributed by atoms with Crippen LogP contribution < -0.4 is 20.1 Å². The third-order valence-corrected chi connectivity index (χ3v) is 4.08. The van der Waals surface area contributed by atoms with Crippen molar-refractivity contribution in [1.29, 1.82) is 0 Å². The van der Waals surface area contributed by atoms with Crippen LogP contribution in [0.4, 0.5) is 5.69 Å². The van der Waals surface area contributed by atoms with Crippen molar-refractivity contribution >= 4 is 35.6 Å². The largest absolute Gasteiger partial charge is 0.490 e. The van der Waals surface area contributed by atoms with Crippen LogP contribution >= 0.6 is 24.0 Å². The molecule has 1 heterocycles. The Bertz CT molecular complexity index is 567. The molecule has 26 heavy (non-hydrogen) atoms. The van der Waals surface area contributed by atoms with Gasteiger partial charge in [-0.1, -0.05) is 13.8 Å². The van der Waals surface area contributed by atoms with Gasteiger partial charge in [0.15, 0.2) is 17.5 Å². The minimum Gasteiger partial charge on any atom is -0.490 e. The Balaban J connectivity index is 0.00000338. The molecule has 1 atom stereocenters. The fourth-order valence-corrected chi connectivity index (χ4v) is 2.71. The minimum atomic E-state index is 0. The lowest BCUT2D eigenvalue weighted by atomic mass is 10.0. The van der Waals surface area contributed by atoms with Gasteiger partial charge in [0.1, 0.15) is 0 Å². The fourth-order valence-electron chi connectivity index (χ4n) is 2.71. The third-order valence-electron chi connectivity index (χ3n) is 4.08. The van der Waals surface area contributed by atoms with Crippen LogP contribution in [0.5, 0.6) is 11.5 Å². The van der Waals surface area contributed by atoms with Gasteiger partial charge in [0.2, 0.25) is 0 Å². The van der Waals surface area contributed by atoms with Crippen molar-refractivity contribution < 1.29 is 14.2 Å². The van der Waals surface area contributed by atoms with Crippen molar-refractivity contribution in [2.75, 3.05) is 38.7 Å². The summed E-state index contributed by atoms with van der Waals surface area (Å²) < 4.78 is 17.2. The first kappa shape index (κ1) is 22.8. The van der Waals surface area contributed by atoms with E-state index in [0.29, 0.717) is 19.1 Å². The van der Waals surface area contributed by atoms with Gasteiger partial charge < -0.3 is 24.8 Å². The molecule has 148 valence electrons. The first-order valence-corrected chi connectivity index (χ1v) is 9.13. The molecule has 1 aliphatic rings. The van der Waals surface area contributed by atoms with E-state index in [9.17, 15) is 0 Å². The predicted molar refractivity (Wildman–Crippen MR) is 117 cm³/mol. The first-order valence-electron chi connectivity index (χ1n) is 9.13. The number of ether oxygens (including phenoxy) is 3. The van der Waals surface area contributed by atoms with Crippen LogP contribution in [-0.2, 0) is 4.74 Å². The molecule has 7 heteroatoms. The molecular weight excluding hydrogens is 445 g/mol. The standard InChI is InChI=1S/C19H31N3O3.HI/c1-5-23-16(14(2)3)9-10-21-19(20-4)22-15-7-8-17-18(13-15)25-12-6-11-24-17;/h7-8,13-14,16H,5-6,9-12H2,1-4H3,(H2,20,21,22);1H. The molecule has 0 saturated carbocycles. The zero-order valence-electron chi connectivity index (χ0n) is 16.2. The third kappa shape index (κ3) is 7.19. The zero-order chi connectivity index (χ0) is 18.1. The lowest BCUT2D eigenvalue weighted by Gasteiger charge is -2.21. The van der Waals surface area contributed by atoms with Crippen molar-refractivity contribution in [3.63, 3.8) is 0 Å². The minimum absolute atomic E-state index is 0. The number of fused-ring (bicyclic) bond motifs is 1. The predicted octanol–water partition coefficient (Wildman–Crippen LogP) is 3.90. The van der Waals surface area contributed by atoms with Crippen LogP contribution in [0.2, 0.25) is 0 Å². The molecule has 0 amide bonds. The molecule has 0 spiro atoms. The van der Waals surface area contributed by atoms with Crippen LogP contribution in [0.25, 0.3) is 0 Å². The molecule has 0 aliphatic carbocycles. The Morgan fingerprint density at radius 3 is 2.62 bits per heavy atom. The van der Waals surface area contributed by atoms with E-state index in [4.69, 9.17) is 14.2 Å². The van der Waals surface area contributed by atoms with Gasteiger partial charge in [-0.15, -0.1) is 24.0 Å². The lowest BCUT2D eigenvalue weighted by molar-refractivity contribution is 0.0258. The number of anilines is 1. The van der Waals surface area contributed by atoms with E-state index in [2.05, 4.69) is 29.5 Å². The number of hydrogen-bond acceptors (Lipinski definition) is 4. The maximum atomic E-state index is 5.78. The van der Waals surface area contributed by atoms with Crippen molar-refractivity contribution in [2.24, 2.45) is 10.9 Å². The molecule has 2 rings (SSSR count). The van der Waals surface area contributed by atoms with Crippen LogP contribution in [-0.4, -0.2) is 45.5 Å². The van der Waals surface area contributed by atoms with Gasteiger partial charge in [-0.25, -0.2) is 0 Å². The van der Waals surface area contributed by atoms with E-state index in [1.807, 2.05) is 25.1 Å². The topological polar surface area (TPSA) is 64.1 Å². The summed E-state index contributed by atoms with van der Waals surface area (Å²) in [5.41, 5.74) is 0.919. The van der Waals surface area contributed by atoms with Crippen molar-refractivity contribution in [3.05, 3.63) is 18.2 Å². The van der Waals surface area contributed by atoms with Crippen LogP contribution in [0.15, 0.2) is 23.2 Å². The SMILES string of the molecule is CCOC(CCNC(=NC)Nc1ccc2c(c1)OCCCO2)C(C)C.I. The van der Waals surface area contributed by atoms with Crippen LogP contribution in [0, 0.1) is 5.92 Å². The molecule has 0 bridgehead atoms. The highest BCUT2D eigenvalue weighted by Gasteiger charge is 2.14. The van der Waals surface area contributed by atoms with Crippen molar-refractivity contribution in [2.45, 2.75) is 39.7 Å². The summed E-state index contributed by atoms with van der Waals surface area (Å²) in [6.07, 6.45) is 2.10. The second-order valence-corrected chi connectivity index (χ2v) is 6.36. The van der Waals surface area contributed by atoms with Gasteiger partial charge in [-0.2, -0.15) is 0 Å². The molecule has 1 aliphatic heterocycles. The van der Waals surface area contributed by atoms with E-state index in [1.54, 1.807) is 7.05 Å². The van der Waals surface area contributed by atoms with E-state index in [-0.39, 0.29) is 30.1 Å².